The van der Waals surface area contributed by atoms with Crippen LogP contribution in [0.2, 0.25) is 0 Å². The van der Waals surface area contributed by atoms with E-state index >= 15 is 0 Å². The zero-order valence-corrected chi connectivity index (χ0v) is 15.6. The van der Waals surface area contributed by atoms with Crippen molar-refractivity contribution in [1.82, 2.24) is 0 Å². The number of hydrogen-bond acceptors (Lipinski definition) is 2. The van der Waals surface area contributed by atoms with Gasteiger partial charge in [-0.3, -0.25) is 4.79 Å². The first-order valence-corrected chi connectivity index (χ1v) is 9.23. The predicted molar refractivity (Wildman–Crippen MR) is 96.6 cm³/mol. The van der Waals surface area contributed by atoms with Gasteiger partial charge in [-0.25, -0.2) is 0 Å². The molecule has 2 nitrogen and oxygen atoms in total. The molecule has 4 rings (SSSR count). The Kier molecular flexibility index (Phi) is 3.30. The van der Waals surface area contributed by atoms with E-state index in [1.807, 2.05) is 0 Å². The number of allylic oxidation sites excluding steroid dienone is 2. The maximum atomic E-state index is 12.2. The largest absolute Gasteiger partial charge is 0.496 e. The normalized spacial score (nSPS) is 34.7. The standard InChI is InChI=1S/C22H28O2/c1-13-6-7-15-12-18-21(3)11-9-17(23)14(2)16(21)8-10-22(18,4)19(15)20(13)24-5/h6-7,18H,8-12H2,1-5H3/t18-,21-,22+/m1/s1. The molecule has 3 aliphatic carbocycles. The first kappa shape index (κ1) is 15.9. The number of rotatable bonds is 1. The second-order valence-electron chi connectivity index (χ2n) is 8.57. The number of aryl methyl sites for hydroxylation is 1. The van der Waals surface area contributed by atoms with Crippen molar-refractivity contribution in [2.75, 3.05) is 7.11 Å². The van der Waals surface area contributed by atoms with Crippen molar-refractivity contribution in [1.29, 1.82) is 0 Å². The molecule has 24 heavy (non-hydrogen) atoms. The molecule has 0 aromatic heterocycles. The lowest BCUT2D eigenvalue weighted by atomic mass is 9.50. The minimum atomic E-state index is 0.156. The van der Waals surface area contributed by atoms with Gasteiger partial charge in [0.1, 0.15) is 5.75 Å². The number of carbonyl (C=O) groups is 1. The lowest BCUT2D eigenvalue weighted by molar-refractivity contribution is -0.117. The Balaban J connectivity index is 1.90. The first-order valence-electron chi connectivity index (χ1n) is 9.23. The molecular formula is C22H28O2. The fourth-order valence-electron chi connectivity index (χ4n) is 6.18. The van der Waals surface area contributed by atoms with Gasteiger partial charge in [0.2, 0.25) is 0 Å². The Hall–Kier alpha value is -1.57. The molecule has 128 valence electrons. The number of methoxy groups -OCH3 is 1. The zero-order chi connectivity index (χ0) is 17.3. The van der Waals surface area contributed by atoms with Crippen molar-refractivity contribution in [3.05, 3.63) is 40.0 Å². The van der Waals surface area contributed by atoms with E-state index in [0.29, 0.717) is 18.1 Å². The Labute approximate surface area is 145 Å². The Morgan fingerprint density at radius 2 is 1.79 bits per heavy atom. The highest BCUT2D eigenvalue weighted by Gasteiger charge is 2.57. The molecule has 0 heterocycles. The summed E-state index contributed by atoms with van der Waals surface area (Å²) >= 11 is 0. The van der Waals surface area contributed by atoms with Crippen LogP contribution in [0.1, 0.15) is 63.1 Å². The van der Waals surface area contributed by atoms with E-state index in [-0.39, 0.29) is 10.8 Å². The van der Waals surface area contributed by atoms with E-state index in [9.17, 15) is 4.79 Å². The molecule has 0 bridgehead atoms. The van der Waals surface area contributed by atoms with Crippen LogP contribution in [-0.2, 0) is 16.6 Å². The molecule has 0 N–H and O–H groups in total. The first-order chi connectivity index (χ1) is 11.3. The third-order valence-electron chi connectivity index (χ3n) is 7.50. The molecule has 3 aliphatic rings. The van der Waals surface area contributed by atoms with Gasteiger partial charge in [-0.05, 0) is 67.6 Å². The molecule has 0 radical (unpaired) electrons. The Bertz CT molecular complexity index is 772. The van der Waals surface area contributed by atoms with Crippen molar-refractivity contribution in [3.63, 3.8) is 0 Å². The highest BCUT2D eigenvalue weighted by molar-refractivity contribution is 5.96. The van der Waals surface area contributed by atoms with E-state index in [2.05, 4.69) is 39.8 Å². The van der Waals surface area contributed by atoms with Crippen LogP contribution in [0, 0.1) is 18.3 Å². The lowest BCUT2D eigenvalue weighted by Crippen LogP contribution is -2.47. The van der Waals surface area contributed by atoms with Crippen LogP contribution in [0.5, 0.6) is 5.75 Å². The summed E-state index contributed by atoms with van der Waals surface area (Å²) in [5, 5.41) is 0. The van der Waals surface area contributed by atoms with Crippen LogP contribution in [0.3, 0.4) is 0 Å². The van der Waals surface area contributed by atoms with Crippen LogP contribution in [0.4, 0.5) is 0 Å². The van der Waals surface area contributed by atoms with Gasteiger partial charge in [0.25, 0.3) is 0 Å². The van der Waals surface area contributed by atoms with Gasteiger partial charge in [0.05, 0.1) is 7.11 Å². The van der Waals surface area contributed by atoms with Gasteiger partial charge in [-0.2, -0.15) is 0 Å². The molecule has 1 aromatic carbocycles. The van der Waals surface area contributed by atoms with Crippen molar-refractivity contribution in [3.8, 4) is 5.75 Å². The van der Waals surface area contributed by atoms with E-state index in [4.69, 9.17) is 4.74 Å². The van der Waals surface area contributed by atoms with Crippen LogP contribution >= 0.6 is 0 Å². The van der Waals surface area contributed by atoms with Crippen molar-refractivity contribution in [2.45, 2.75) is 65.2 Å². The molecule has 1 aromatic rings. The predicted octanol–water partition coefficient (Wildman–Crippen LogP) is 4.91. The lowest BCUT2D eigenvalue weighted by Gasteiger charge is -2.53. The number of Topliss-reactive ketones (excluding diaryl/α,β-unsaturated/α-hetero) is 1. The highest BCUT2D eigenvalue weighted by Crippen LogP contribution is 2.64. The van der Waals surface area contributed by atoms with E-state index in [0.717, 1.165) is 37.0 Å². The Morgan fingerprint density at radius 1 is 1.08 bits per heavy atom. The topological polar surface area (TPSA) is 26.3 Å². The highest BCUT2D eigenvalue weighted by atomic mass is 16.5. The van der Waals surface area contributed by atoms with Crippen molar-refractivity contribution in [2.24, 2.45) is 11.3 Å². The fourth-order valence-corrected chi connectivity index (χ4v) is 6.18. The average molecular weight is 324 g/mol. The molecule has 2 heteroatoms. The Morgan fingerprint density at radius 3 is 2.50 bits per heavy atom. The molecule has 0 saturated heterocycles. The van der Waals surface area contributed by atoms with Crippen LogP contribution in [0.25, 0.3) is 0 Å². The summed E-state index contributed by atoms with van der Waals surface area (Å²) in [6.45, 7) is 9.07. The summed E-state index contributed by atoms with van der Waals surface area (Å²) in [5.41, 5.74) is 6.97. The zero-order valence-electron chi connectivity index (χ0n) is 15.6. The molecule has 1 saturated carbocycles. The second-order valence-corrected chi connectivity index (χ2v) is 8.57. The minimum Gasteiger partial charge on any atom is -0.496 e. The van der Waals surface area contributed by atoms with Gasteiger partial charge in [-0.1, -0.05) is 31.6 Å². The maximum absolute atomic E-state index is 12.2. The van der Waals surface area contributed by atoms with Crippen molar-refractivity contribution < 1.29 is 9.53 Å². The van der Waals surface area contributed by atoms with E-state index in [1.165, 1.54) is 22.3 Å². The SMILES string of the molecule is COc1c(C)ccc2c1[C@@]1(C)CCC3=C(C)C(=O)CC[C@@]3(C)[C@H]1C2. The summed E-state index contributed by atoms with van der Waals surface area (Å²) in [5.74, 6) is 2.04. The number of fused-ring (bicyclic) bond motifs is 5. The number of carbonyl (C=O) groups excluding carboxylic acids is 1. The molecular weight excluding hydrogens is 296 g/mol. The van der Waals surface area contributed by atoms with Crippen molar-refractivity contribution >= 4 is 5.78 Å². The molecule has 3 atom stereocenters. The number of hydrogen-bond donors (Lipinski definition) is 0. The van der Waals surface area contributed by atoms with E-state index < -0.39 is 0 Å². The monoisotopic (exact) mass is 324 g/mol. The van der Waals surface area contributed by atoms with Gasteiger partial charge >= 0.3 is 0 Å². The number of ketones is 1. The average Bonchev–Trinajstić information content (AvgIpc) is 2.86. The summed E-state index contributed by atoms with van der Waals surface area (Å²) in [7, 11) is 1.80. The number of benzene rings is 1. The molecule has 0 aliphatic heterocycles. The molecule has 0 unspecified atom stereocenters. The third kappa shape index (κ3) is 1.80. The minimum absolute atomic E-state index is 0.156. The quantitative estimate of drug-likeness (QED) is 0.733. The second kappa shape index (κ2) is 4.97. The molecule has 0 spiro atoms. The molecule has 0 amide bonds. The smallest absolute Gasteiger partial charge is 0.158 e. The summed E-state index contributed by atoms with van der Waals surface area (Å²) < 4.78 is 5.84. The van der Waals surface area contributed by atoms with E-state index in [1.54, 1.807) is 7.11 Å². The van der Waals surface area contributed by atoms with Crippen LogP contribution in [0.15, 0.2) is 23.3 Å². The van der Waals surface area contributed by atoms with Gasteiger partial charge in [0.15, 0.2) is 5.78 Å². The number of ether oxygens (including phenoxy) is 1. The molecule has 1 fully saturated rings. The van der Waals surface area contributed by atoms with Gasteiger partial charge in [0, 0.05) is 17.4 Å². The fraction of sp³-hybridized carbons (Fsp3) is 0.591. The summed E-state index contributed by atoms with van der Waals surface area (Å²) in [4.78, 5) is 12.2. The maximum Gasteiger partial charge on any atom is 0.158 e. The van der Waals surface area contributed by atoms with Gasteiger partial charge < -0.3 is 4.74 Å². The van der Waals surface area contributed by atoms with Crippen LogP contribution < -0.4 is 4.74 Å². The van der Waals surface area contributed by atoms with Gasteiger partial charge in [-0.15, -0.1) is 0 Å². The summed E-state index contributed by atoms with van der Waals surface area (Å²) in [6, 6.07) is 4.51. The van der Waals surface area contributed by atoms with Crippen LogP contribution in [-0.4, -0.2) is 12.9 Å². The summed E-state index contributed by atoms with van der Waals surface area (Å²) in [6.07, 6.45) is 5.01. The third-order valence-corrected chi connectivity index (χ3v) is 7.50.